The lowest BCUT2D eigenvalue weighted by Crippen LogP contribution is -2.06. The summed E-state index contributed by atoms with van der Waals surface area (Å²) in [5, 5.41) is 3.07. The number of aromatic nitrogens is 1. The van der Waals surface area contributed by atoms with Crippen molar-refractivity contribution in [3.05, 3.63) is 59.4 Å². The summed E-state index contributed by atoms with van der Waals surface area (Å²) in [5.74, 6) is 0.0287. The van der Waals surface area contributed by atoms with Gasteiger partial charge >= 0.3 is 0 Å². The summed E-state index contributed by atoms with van der Waals surface area (Å²) >= 11 is 0. The van der Waals surface area contributed by atoms with E-state index in [0.29, 0.717) is 11.3 Å². The molecule has 82 valence electrons. The van der Waals surface area contributed by atoms with Crippen molar-refractivity contribution in [1.29, 1.82) is 0 Å². The topological polar surface area (TPSA) is 44.9 Å². The highest BCUT2D eigenvalue weighted by molar-refractivity contribution is 6.07. The number of hydrogen-bond acceptors (Lipinski definition) is 2. The molecule has 0 aliphatic carbocycles. The number of hydrogen-bond donors (Lipinski definition) is 2. The lowest BCUT2D eigenvalue weighted by molar-refractivity contribution is 0.103. The van der Waals surface area contributed by atoms with Gasteiger partial charge in [-0.3, -0.25) is 4.79 Å². The van der Waals surface area contributed by atoms with Crippen LogP contribution in [0.5, 0.6) is 0 Å². The van der Waals surface area contributed by atoms with E-state index in [-0.39, 0.29) is 5.78 Å². The molecule has 2 aromatic rings. The molecule has 0 aliphatic rings. The molecule has 0 unspecified atom stereocenters. The molecule has 2 rings (SSSR count). The van der Waals surface area contributed by atoms with Gasteiger partial charge in [-0.25, -0.2) is 0 Å². The van der Waals surface area contributed by atoms with Crippen molar-refractivity contribution in [2.75, 3.05) is 7.05 Å². The van der Waals surface area contributed by atoms with Crippen LogP contribution in [-0.4, -0.2) is 17.8 Å². The SMILES string of the molecule is CNCc1ccc(C(=O)c2ccc[nH]2)cc1. The average Bonchev–Trinajstić information content (AvgIpc) is 2.83. The second-order valence-electron chi connectivity index (χ2n) is 3.64. The molecule has 1 aromatic carbocycles. The third-order valence-corrected chi connectivity index (χ3v) is 2.44. The van der Waals surface area contributed by atoms with Gasteiger partial charge in [-0.2, -0.15) is 0 Å². The second-order valence-corrected chi connectivity index (χ2v) is 3.64. The van der Waals surface area contributed by atoms with Crippen molar-refractivity contribution in [2.45, 2.75) is 6.54 Å². The Morgan fingerprint density at radius 1 is 1.25 bits per heavy atom. The van der Waals surface area contributed by atoms with Crippen molar-refractivity contribution in [1.82, 2.24) is 10.3 Å². The van der Waals surface area contributed by atoms with Crippen molar-refractivity contribution in [3.63, 3.8) is 0 Å². The minimum atomic E-state index is 0.0287. The molecule has 0 aliphatic heterocycles. The molecule has 1 heterocycles. The molecular formula is C13H14N2O. The van der Waals surface area contributed by atoms with Gasteiger partial charge in [-0.15, -0.1) is 0 Å². The van der Waals surface area contributed by atoms with Crippen LogP contribution in [0.2, 0.25) is 0 Å². The van der Waals surface area contributed by atoms with E-state index in [9.17, 15) is 4.79 Å². The summed E-state index contributed by atoms with van der Waals surface area (Å²) in [5.41, 5.74) is 2.51. The molecule has 3 nitrogen and oxygen atoms in total. The van der Waals surface area contributed by atoms with Crippen LogP contribution >= 0.6 is 0 Å². The zero-order valence-electron chi connectivity index (χ0n) is 9.16. The lowest BCUT2D eigenvalue weighted by atomic mass is 10.1. The van der Waals surface area contributed by atoms with E-state index in [1.807, 2.05) is 37.4 Å². The molecule has 16 heavy (non-hydrogen) atoms. The van der Waals surface area contributed by atoms with Gasteiger partial charge in [0.25, 0.3) is 0 Å². The van der Waals surface area contributed by atoms with Crippen LogP contribution in [0.3, 0.4) is 0 Å². The standard InChI is InChI=1S/C13H14N2O/c1-14-9-10-4-6-11(7-5-10)13(16)12-3-2-8-15-12/h2-8,14-15H,9H2,1H3. The maximum atomic E-state index is 11.9. The monoisotopic (exact) mass is 214 g/mol. The fraction of sp³-hybridized carbons (Fsp3) is 0.154. The van der Waals surface area contributed by atoms with Gasteiger partial charge in [-0.1, -0.05) is 24.3 Å². The molecule has 2 N–H and O–H groups in total. The van der Waals surface area contributed by atoms with Crippen molar-refractivity contribution >= 4 is 5.78 Å². The Morgan fingerprint density at radius 2 is 2.00 bits per heavy atom. The first-order valence-electron chi connectivity index (χ1n) is 5.23. The van der Waals surface area contributed by atoms with Crippen LogP contribution in [0.15, 0.2) is 42.6 Å². The molecule has 0 saturated heterocycles. The third kappa shape index (κ3) is 2.20. The average molecular weight is 214 g/mol. The Hall–Kier alpha value is -1.87. The van der Waals surface area contributed by atoms with Gasteiger partial charge in [0.1, 0.15) is 0 Å². The van der Waals surface area contributed by atoms with Crippen LogP contribution in [-0.2, 0) is 6.54 Å². The maximum absolute atomic E-state index is 11.9. The highest BCUT2D eigenvalue weighted by Gasteiger charge is 2.08. The number of benzene rings is 1. The van der Waals surface area contributed by atoms with E-state index >= 15 is 0 Å². The van der Waals surface area contributed by atoms with Gasteiger partial charge in [0.05, 0.1) is 5.69 Å². The first kappa shape index (κ1) is 10.6. The molecule has 0 amide bonds. The van der Waals surface area contributed by atoms with E-state index < -0.39 is 0 Å². The number of nitrogens with one attached hydrogen (secondary N) is 2. The van der Waals surface area contributed by atoms with Crippen LogP contribution in [0.4, 0.5) is 0 Å². The Kier molecular flexibility index (Phi) is 3.17. The minimum Gasteiger partial charge on any atom is -0.359 e. The number of rotatable bonds is 4. The molecule has 3 heteroatoms. The van der Waals surface area contributed by atoms with Crippen LogP contribution in [0.25, 0.3) is 0 Å². The zero-order valence-corrected chi connectivity index (χ0v) is 9.16. The zero-order chi connectivity index (χ0) is 11.4. The number of carbonyl (C=O) groups is 1. The number of carbonyl (C=O) groups excluding carboxylic acids is 1. The Bertz CT molecular complexity index is 457. The molecule has 1 aromatic heterocycles. The van der Waals surface area contributed by atoms with Crippen LogP contribution in [0, 0.1) is 0 Å². The van der Waals surface area contributed by atoms with Gasteiger partial charge < -0.3 is 10.3 Å². The van der Waals surface area contributed by atoms with Crippen molar-refractivity contribution in [3.8, 4) is 0 Å². The smallest absolute Gasteiger partial charge is 0.209 e. The lowest BCUT2D eigenvalue weighted by Gasteiger charge is -2.02. The summed E-state index contributed by atoms with van der Waals surface area (Å²) in [6, 6.07) is 11.2. The van der Waals surface area contributed by atoms with Gasteiger partial charge in [0.2, 0.25) is 5.78 Å². The number of ketones is 1. The molecule has 0 bridgehead atoms. The Labute approximate surface area is 94.5 Å². The summed E-state index contributed by atoms with van der Waals surface area (Å²) < 4.78 is 0. The minimum absolute atomic E-state index is 0.0287. The van der Waals surface area contributed by atoms with Crippen molar-refractivity contribution in [2.24, 2.45) is 0 Å². The Balaban J connectivity index is 2.19. The summed E-state index contributed by atoms with van der Waals surface area (Å²) in [7, 11) is 1.90. The highest BCUT2D eigenvalue weighted by Crippen LogP contribution is 2.09. The van der Waals surface area contributed by atoms with Gasteiger partial charge in [-0.05, 0) is 24.7 Å². The molecule has 0 radical (unpaired) electrons. The molecule has 0 fully saturated rings. The van der Waals surface area contributed by atoms with E-state index in [4.69, 9.17) is 0 Å². The van der Waals surface area contributed by atoms with Crippen LogP contribution < -0.4 is 5.32 Å². The first-order valence-corrected chi connectivity index (χ1v) is 5.23. The second kappa shape index (κ2) is 4.77. The predicted octanol–water partition coefficient (Wildman–Crippen LogP) is 1.97. The van der Waals surface area contributed by atoms with E-state index in [1.165, 1.54) is 5.56 Å². The fourth-order valence-electron chi connectivity index (χ4n) is 1.61. The van der Waals surface area contributed by atoms with Crippen LogP contribution in [0.1, 0.15) is 21.6 Å². The van der Waals surface area contributed by atoms with E-state index in [1.54, 1.807) is 12.3 Å². The first-order chi connectivity index (χ1) is 7.81. The summed E-state index contributed by atoms with van der Waals surface area (Å²) in [6.07, 6.45) is 1.75. The largest absolute Gasteiger partial charge is 0.359 e. The highest BCUT2D eigenvalue weighted by atomic mass is 16.1. The predicted molar refractivity (Wildman–Crippen MR) is 63.4 cm³/mol. The van der Waals surface area contributed by atoms with Gasteiger partial charge in [0, 0.05) is 18.3 Å². The van der Waals surface area contributed by atoms with Crippen molar-refractivity contribution < 1.29 is 4.79 Å². The quantitative estimate of drug-likeness (QED) is 0.764. The third-order valence-electron chi connectivity index (χ3n) is 2.44. The molecule has 0 spiro atoms. The normalized spacial score (nSPS) is 10.3. The van der Waals surface area contributed by atoms with E-state index in [0.717, 1.165) is 6.54 Å². The molecule has 0 atom stereocenters. The summed E-state index contributed by atoms with van der Waals surface area (Å²) in [4.78, 5) is 14.8. The maximum Gasteiger partial charge on any atom is 0.209 e. The molecule has 0 saturated carbocycles. The Morgan fingerprint density at radius 3 is 2.56 bits per heavy atom. The molecular weight excluding hydrogens is 200 g/mol. The van der Waals surface area contributed by atoms with E-state index in [2.05, 4.69) is 10.3 Å². The number of H-pyrrole nitrogens is 1. The number of aromatic amines is 1. The summed E-state index contributed by atoms with van der Waals surface area (Å²) in [6.45, 7) is 0.816. The fourth-order valence-corrected chi connectivity index (χ4v) is 1.61. The van der Waals surface area contributed by atoms with Gasteiger partial charge in [0.15, 0.2) is 0 Å².